The molecule has 0 bridgehead atoms. The van der Waals surface area contributed by atoms with Crippen molar-refractivity contribution >= 4 is 11.8 Å². The van der Waals surface area contributed by atoms with E-state index < -0.39 is 52.5 Å². The van der Waals surface area contributed by atoms with Crippen LogP contribution in [0, 0.1) is 11.6 Å². The lowest BCUT2D eigenvalue weighted by Crippen LogP contribution is -2.63. The van der Waals surface area contributed by atoms with E-state index in [0.29, 0.717) is 25.5 Å². The number of benzene rings is 1. The number of rotatable bonds is 4. The quantitative estimate of drug-likeness (QED) is 0.615. The summed E-state index contributed by atoms with van der Waals surface area (Å²) < 4.78 is 28.3. The van der Waals surface area contributed by atoms with E-state index in [1.165, 1.54) is 21.8 Å². The molecule has 34 heavy (non-hydrogen) atoms. The van der Waals surface area contributed by atoms with E-state index >= 15 is 0 Å². The zero-order valence-corrected chi connectivity index (χ0v) is 18.6. The summed E-state index contributed by atoms with van der Waals surface area (Å²) in [6.07, 6.45) is 2.77. The van der Waals surface area contributed by atoms with Crippen molar-refractivity contribution in [1.29, 1.82) is 0 Å². The Morgan fingerprint density at radius 2 is 1.94 bits per heavy atom. The molecule has 2 aromatic rings. The number of pyridine rings is 1. The first-order chi connectivity index (χ1) is 16.2. The third-order valence-corrected chi connectivity index (χ3v) is 6.30. The predicted molar refractivity (Wildman–Crippen MR) is 118 cm³/mol. The maximum atomic E-state index is 13.9. The fraction of sp³-hybridized carbons (Fsp3) is 0.435. The summed E-state index contributed by atoms with van der Waals surface area (Å²) in [5.74, 6) is -3.93. The van der Waals surface area contributed by atoms with Crippen LogP contribution in [0.5, 0.6) is 5.75 Å². The Labute approximate surface area is 194 Å². The molecule has 11 heteroatoms. The Hall–Kier alpha value is -3.47. The minimum absolute atomic E-state index is 0.0118. The van der Waals surface area contributed by atoms with Crippen LogP contribution in [0.4, 0.5) is 8.78 Å². The van der Waals surface area contributed by atoms with Gasteiger partial charge in [-0.15, -0.1) is 0 Å². The van der Waals surface area contributed by atoms with Crippen molar-refractivity contribution in [2.75, 3.05) is 18.1 Å². The van der Waals surface area contributed by atoms with Gasteiger partial charge in [0.1, 0.15) is 23.4 Å². The lowest BCUT2D eigenvalue weighted by atomic mass is 10.0. The maximum absolute atomic E-state index is 13.9. The Kier molecular flexibility index (Phi) is 6.56. The van der Waals surface area contributed by atoms with Crippen LogP contribution in [0.3, 0.4) is 0 Å². The smallest absolute Gasteiger partial charge is 0.278 e. The highest BCUT2D eigenvalue weighted by atomic mass is 19.1. The third kappa shape index (κ3) is 4.23. The lowest BCUT2D eigenvalue weighted by Gasteiger charge is -2.48. The zero-order valence-electron chi connectivity index (χ0n) is 18.6. The monoisotopic (exact) mass is 476 g/mol. The number of halogens is 2. The molecule has 9 nitrogen and oxygen atoms in total. The standard InChI is InChI=1S/C23H26F2N4O5/c1-2-27-18-6-4-3-5-15(30)11-28(18)29-12-16(20(31)21(32)19(29)23(27)34)22(33)26-10-13-7-8-14(24)9-17(13)25/h7-9,12,15,18,30,32H,2-6,10-11H2,1H3,(H,26,33)/t15-,18-/m0/s1. The average Bonchev–Trinajstić information content (AvgIpc) is 2.78. The van der Waals surface area contributed by atoms with Crippen LogP contribution in [-0.2, 0) is 6.54 Å². The largest absolute Gasteiger partial charge is 0.502 e. The molecule has 2 aliphatic rings. The van der Waals surface area contributed by atoms with Gasteiger partial charge in [0.05, 0.1) is 12.6 Å². The Balaban J connectivity index is 1.72. The first-order valence-electron chi connectivity index (χ1n) is 11.2. The molecule has 1 aromatic carbocycles. The van der Waals surface area contributed by atoms with Crippen LogP contribution in [0.25, 0.3) is 0 Å². The number of nitrogens with one attached hydrogen (secondary N) is 1. The second kappa shape index (κ2) is 9.41. The van der Waals surface area contributed by atoms with Gasteiger partial charge < -0.3 is 20.4 Å². The number of amides is 2. The van der Waals surface area contributed by atoms with Gasteiger partial charge in [-0.3, -0.25) is 24.1 Å². The van der Waals surface area contributed by atoms with Crippen molar-refractivity contribution in [3.8, 4) is 5.75 Å². The van der Waals surface area contributed by atoms with Gasteiger partial charge in [-0.1, -0.05) is 12.5 Å². The number of aliphatic hydroxyl groups is 1. The molecule has 182 valence electrons. The molecule has 0 radical (unpaired) electrons. The van der Waals surface area contributed by atoms with Crippen molar-refractivity contribution < 1.29 is 28.6 Å². The van der Waals surface area contributed by atoms with E-state index in [4.69, 9.17) is 0 Å². The fourth-order valence-electron chi connectivity index (χ4n) is 4.55. The zero-order chi connectivity index (χ0) is 24.6. The highest BCUT2D eigenvalue weighted by Gasteiger charge is 2.40. The summed E-state index contributed by atoms with van der Waals surface area (Å²) in [5, 5.41) is 25.2. The van der Waals surface area contributed by atoms with E-state index in [1.807, 2.05) is 0 Å². The molecule has 3 heterocycles. The van der Waals surface area contributed by atoms with Crippen molar-refractivity contribution in [3.63, 3.8) is 0 Å². The van der Waals surface area contributed by atoms with Crippen molar-refractivity contribution in [2.24, 2.45) is 0 Å². The van der Waals surface area contributed by atoms with Gasteiger partial charge in [0.15, 0.2) is 11.4 Å². The van der Waals surface area contributed by atoms with Gasteiger partial charge in [-0.2, -0.15) is 0 Å². The molecule has 0 unspecified atom stereocenters. The molecule has 1 fully saturated rings. The highest BCUT2D eigenvalue weighted by Crippen LogP contribution is 2.29. The molecule has 2 aliphatic heterocycles. The Bertz CT molecular complexity index is 1180. The number of nitrogens with zero attached hydrogens (tertiary/aromatic N) is 3. The summed E-state index contributed by atoms with van der Waals surface area (Å²) in [7, 11) is 0. The topological polar surface area (TPSA) is 115 Å². The van der Waals surface area contributed by atoms with E-state index in [2.05, 4.69) is 5.32 Å². The molecule has 2 amide bonds. The van der Waals surface area contributed by atoms with Gasteiger partial charge in [-0.25, -0.2) is 8.78 Å². The van der Waals surface area contributed by atoms with Gasteiger partial charge in [0.25, 0.3) is 11.8 Å². The molecule has 3 N–H and O–H groups in total. The normalized spacial score (nSPS) is 20.3. The first kappa shape index (κ1) is 23.7. The number of carbonyl (C=O) groups excluding carboxylic acids is 2. The maximum Gasteiger partial charge on any atom is 0.278 e. The molecule has 1 saturated heterocycles. The Morgan fingerprint density at radius 3 is 2.65 bits per heavy atom. The number of aromatic hydroxyl groups is 1. The fourth-order valence-corrected chi connectivity index (χ4v) is 4.55. The number of hydrogen-bond donors (Lipinski definition) is 3. The van der Waals surface area contributed by atoms with Crippen LogP contribution >= 0.6 is 0 Å². The predicted octanol–water partition coefficient (Wildman–Crippen LogP) is 1.44. The van der Waals surface area contributed by atoms with Crippen LogP contribution < -0.4 is 15.8 Å². The SMILES string of the molecule is CCN1C(=O)c2c(O)c(=O)c(C(=O)NCc3ccc(F)cc3F)cn2N2C[C@@H](O)CCCC[C@@H]12. The van der Waals surface area contributed by atoms with Crippen molar-refractivity contribution in [3.05, 3.63) is 63.1 Å². The third-order valence-electron chi connectivity index (χ3n) is 6.30. The molecule has 2 atom stereocenters. The first-order valence-corrected chi connectivity index (χ1v) is 11.2. The summed E-state index contributed by atoms with van der Waals surface area (Å²) >= 11 is 0. The number of aliphatic hydroxyl groups excluding tert-OH is 1. The van der Waals surface area contributed by atoms with E-state index in [0.717, 1.165) is 18.9 Å². The summed E-state index contributed by atoms with van der Waals surface area (Å²) in [4.78, 5) is 40.3. The minimum Gasteiger partial charge on any atom is -0.502 e. The van der Waals surface area contributed by atoms with Crippen LogP contribution in [0.2, 0.25) is 0 Å². The van der Waals surface area contributed by atoms with E-state index in [1.54, 1.807) is 11.9 Å². The lowest BCUT2D eigenvalue weighted by molar-refractivity contribution is 0.0489. The molecule has 0 saturated carbocycles. The number of fused-ring (bicyclic) bond motifs is 3. The highest BCUT2D eigenvalue weighted by molar-refractivity contribution is 5.99. The summed E-state index contributed by atoms with van der Waals surface area (Å²) in [5.41, 5.74) is -1.76. The van der Waals surface area contributed by atoms with Gasteiger partial charge in [0.2, 0.25) is 5.43 Å². The number of hydrogen-bond acceptors (Lipinski definition) is 6. The Morgan fingerprint density at radius 1 is 1.21 bits per heavy atom. The molecule has 0 spiro atoms. The molecular formula is C23H26F2N4O5. The van der Waals surface area contributed by atoms with Gasteiger partial charge in [0, 0.05) is 30.9 Å². The number of aromatic nitrogens is 1. The van der Waals surface area contributed by atoms with Crippen molar-refractivity contribution in [1.82, 2.24) is 14.9 Å². The molecule has 4 rings (SSSR count). The van der Waals surface area contributed by atoms with Crippen LogP contribution in [0.15, 0.2) is 29.2 Å². The average molecular weight is 476 g/mol. The summed E-state index contributed by atoms with van der Waals surface area (Å²) in [6.45, 7) is 1.92. The van der Waals surface area contributed by atoms with Crippen molar-refractivity contribution in [2.45, 2.75) is 51.4 Å². The van der Waals surface area contributed by atoms with Crippen LogP contribution in [0.1, 0.15) is 59.0 Å². The van der Waals surface area contributed by atoms with E-state index in [-0.39, 0.29) is 24.3 Å². The van der Waals surface area contributed by atoms with E-state index in [9.17, 15) is 33.4 Å². The van der Waals surface area contributed by atoms with Gasteiger partial charge >= 0.3 is 0 Å². The second-order valence-corrected chi connectivity index (χ2v) is 8.46. The second-order valence-electron chi connectivity index (χ2n) is 8.46. The molecular weight excluding hydrogens is 450 g/mol. The molecule has 1 aromatic heterocycles. The number of carbonyl (C=O) groups is 2. The van der Waals surface area contributed by atoms with Gasteiger partial charge in [-0.05, 0) is 32.3 Å². The molecule has 0 aliphatic carbocycles. The minimum atomic E-state index is -1.04. The van der Waals surface area contributed by atoms with Crippen LogP contribution in [-0.4, -0.2) is 57.0 Å². The summed E-state index contributed by atoms with van der Waals surface area (Å²) in [6, 6.07) is 2.90.